The molecule has 7 heteroatoms. The van der Waals surface area contributed by atoms with Crippen LogP contribution in [-0.2, 0) is 10.0 Å². The Bertz CT molecular complexity index is 545. The summed E-state index contributed by atoms with van der Waals surface area (Å²) in [5, 5.41) is 3.18. The van der Waals surface area contributed by atoms with Gasteiger partial charge in [0.1, 0.15) is 0 Å². The molecule has 1 fully saturated rings. The summed E-state index contributed by atoms with van der Waals surface area (Å²) in [7, 11) is -1.74. The Labute approximate surface area is 129 Å². The summed E-state index contributed by atoms with van der Waals surface area (Å²) in [5.41, 5.74) is 1.03. The van der Waals surface area contributed by atoms with Crippen LogP contribution in [0.15, 0.2) is 27.6 Å². The maximum absolute atomic E-state index is 12.5. The largest absolute Gasteiger partial charge is 0.315 e. The maximum atomic E-state index is 12.5. The van der Waals surface area contributed by atoms with Gasteiger partial charge in [-0.1, -0.05) is 22.0 Å². The molecular formula is C12H18BrClN2O2S. The normalized spacial score (nSPS) is 19.5. The number of benzene rings is 1. The zero-order valence-corrected chi connectivity index (χ0v) is 14.1. The Balaban J connectivity index is 0.00000180. The fourth-order valence-corrected chi connectivity index (χ4v) is 3.99. The highest BCUT2D eigenvalue weighted by Crippen LogP contribution is 2.24. The van der Waals surface area contributed by atoms with Crippen LogP contribution in [0.4, 0.5) is 0 Å². The number of aryl methyl sites for hydroxylation is 1. The zero-order valence-electron chi connectivity index (χ0n) is 10.9. The molecule has 1 aliphatic rings. The molecule has 1 saturated heterocycles. The van der Waals surface area contributed by atoms with E-state index in [4.69, 9.17) is 0 Å². The van der Waals surface area contributed by atoms with Gasteiger partial charge in [0, 0.05) is 24.1 Å². The predicted molar refractivity (Wildman–Crippen MR) is 82.4 cm³/mol. The molecule has 0 aliphatic carbocycles. The summed E-state index contributed by atoms with van der Waals surface area (Å²) in [6.45, 7) is 3.54. The van der Waals surface area contributed by atoms with Crippen molar-refractivity contribution in [3.05, 3.63) is 28.2 Å². The molecule has 1 atom stereocenters. The number of nitrogens with zero attached hydrogens (tertiary/aromatic N) is 1. The highest BCUT2D eigenvalue weighted by Gasteiger charge is 2.30. The van der Waals surface area contributed by atoms with Crippen molar-refractivity contribution in [1.29, 1.82) is 0 Å². The SMILES string of the molecule is Cc1ccc(S(=O)(=O)N(C)C2CCNC2)cc1Br.Cl. The van der Waals surface area contributed by atoms with E-state index < -0.39 is 10.0 Å². The van der Waals surface area contributed by atoms with Gasteiger partial charge in [-0.15, -0.1) is 12.4 Å². The quantitative estimate of drug-likeness (QED) is 0.888. The third-order valence-corrected chi connectivity index (χ3v) is 6.13. The van der Waals surface area contributed by atoms with Gasteiger partial charge in [0.15, 0.2) is 0 Å². The summed E-state index contributed by atoms with van der Waals surface area (Å²) >= 11 is 3.38. The first-order valence-electron chi connectivity index (χ1n) is 5.88. The molecule has 1 aromatic rings. The van der Waals surface area contributed by atoms with E-state index in [0.717, 1.165) is 29.5 Å². The van der Waals surface area contributed by atoms with Crippen LogP contribution < -0.4 is 5.32 Å². The molecule has 4 nitrogen and oxygen atoms in total. The predicted octanol–water partition coefficient (Wildman–Crippen LogP) is 2.16. The second-order valence-electron chi connectivity index (χ2n) is 4.58. The van der Waals surface area contributed by atoms with Crippen LogP contribution in [0.5, 0.6) is 0 Å². The standard InChI is InChI=1S/C12H17BrN2O2S.ClH/c1-9-3-4-11(7-12(9)13)18(16,17)15(2)10-5-6-14-8-10;/h3-4,7,10,14H,5-6,8H2,1-2H3;1H. The Hall–Kier alpha value is -0.140. The minimum absolute atomic E-state index is 0. The van der Waals surface area contributed by atoms with Gasteiger partial charge in [0.2, 0.25) is 10.0 Å². The van der Waals surface area contributed by atoms with Gasteiger partial charge in [-0.25, -0.2) is 8.42 Å². The van der Waals surface area contributed by atoms with Crippen LogP contribution in [0.2, 0.25) is 0 Å². The number of likely N-dealkylation sites (N-methyl/N-ethyl adjacent to an activating group) is 1. The highest BCUT2D eigenvalue weighted by atomic mass is 79.9. The van der Waals surface area contributed by atoms with Gasteiger partial charge in [0.25, 0.3) is 0 Å². The van der Waals surface area contributed by atoms with Crippen molar-refractivity contribution in [2.45, 2.75) is 24.3 Å². The minimum Gasteiger partial charge on any atom is -0.315 e. The van der Waals surface area contributed by atoms with E-state index in [1.54, 1.807) is 19.2 Å². The Morgan fingerprint density at radius 2 is 2.11 bits per heavy atom. The van der Waals surface area contributed by atoms with E-state index >= 15 is 0 Å². The maximum Gasteiger partial charge on any atom is 0.243 e. The van der Waals surface area contributed by atoms with E-state index in [-0.39, 0.29) is 18.4 Å². The first kappa shape index (κ1) is 16.9. The topological polar surface area (TPSA) is 49.4 Å². The van der Waals surface area contributed by atoms with Gasteiger partial charge in [-0.2, -0.15) is 4.31 Å². The first-order chi connectivity index (χ1) is 8.43. The molecule has 2 rings (SSSR count). The average molecular weight is 370 g/mol. The fourth-order valence-electron chi connectivity index (χ4n) is 2.05. The first-order valence-corrected chi connectivity index (χ1v) is 8.11. The summed E-state index contributed by atoms with van der Waals surface area (Å²) in [4.78, 5) is 0.342. The van der Waals surface area contributed by atoms with Gasteiger partial charge < -0.3 is 5.32 Å². The minimum atomic E-state index is -3.40. The number of nitrogens with one attached hydrogen (secondary N) is 1. The number of halogens is 2. The lowest BCUT2D eigenvalue weighted by Crippen LogP contribution is -2.38. The number of rotatable bonds is 3. The van der Waals surface area contributed by atoms with E-state index in [1.165, 1.54) is 4.31 Å². The monoisotopic (exact) mass is 368 g/mol. The molecule has 0 aromatic heterocycles. The smallest absolute Gasteiger partial charge is 0.243 e. The van der Waals surface area contributed by atoms with Gasteiger partial charge in [0.05, 0.1) is 4.90 Å². The van der Waals surface area contributed by atoms with E-state index in [0.29, 0.717) is 4.90 Å². The summed E-state index contributed by atoms with van der Waals surface area (Å²) < 4.78 is 27.2. The molecule has 1 aromatic carbocycles. The Morgan fingerprint density at radius 1 is 1.42 bits per heavy atom. The lowest BCUT2D eigenvalue weighted by molar-refractivity contribution is 0.387. The third kappa shape index (κ3) is 3.49. The molecule has 1 unspecified atom stereocenters. The van der Waals surface area contributed by atoms with Crippen LogP contribution >= 0.6 is 28.3 Å². The number of hydrogen-bond donors (Lipinski definition) is 1. The van der Waals surface area contributed by atoms with Crippen molar-refractivity contribution in [3.8, 4) is 0 Å². The number of sulfonamides is 1. The van der Waals surface area contributed by atoms with Crippen molar-refractivity contribution in [2.75, 3.05) is 20.1 Å². The van der Waals surface area contributed by atoms with Gasteiger partial charge >= 0.3 is 0 Å². The molecule has 1 N–H and O–H groups in total. The van der Waals surface area contributed by atoms with E-state index in [2.05, 4.69) is 21.2 Å². The summed E-state index contributed by atoms with van der Waals surface area (Å²) in [6, 6.07) is 5.20. The van der Waals surface area contributed by atoms with E-state index in [1.807, 2.05) is 13.0 Å². The molecule has 108 valence electrons. The molecule has 0 spiro atoms. The lowest BCUT2D eigenvalue weighted by Gasteiger charge is -2.23. The molecule has 1 heterocycles. The molecular weight excluding hydrogens is 352 g/mol. The molecule has 1 aliphatic heterocycles. The van der Waals surface area contributed by atoms with Crippen molar-refractivity contribution < 1.29 is 8.42 Å². The van der Waals surface area contributed by atoms with Crippen molar-refractivity contribution >= 4 is 38.4 Å². The van der Waals surface area contributed by atoms with Crippen LogP contribution in [0, 0.1) is 6.92 Å². The zero-order chi connectivity index (χ0) is 13.3. The molecule has 19 heavy (non-hydrogen) atoms. The summed E-state index contributed by atoms with van der Waals surface area (Å²) in [6.07, 6.45) is 0.864. The molecule has 0 amide bonds. The van der Waals surface area contributed by atoms with Gasteiger partial charge in [-0.05, 0) is 37.6 Å². The Kier molecular flexibility index (Phi) is 5.82. The van der Waals surface area contributed by atoms with Crippen molar-refractivity contribution in [2.24, 2.45) is 0 Å². The highest BCUT2D eigenvalue weighted by molar-refractivity contribution is 9.10. The van der Waals surface area contributed by atoms with Crippen LogP contribution in [0.3, 0.4) is 0 Å². The van der Waals surface area contributed by atoms with Crippen LogP contribution in [0.1, 0.15) is 12.0 Å². The van der Waals surface area contributed by atoms with Crippen LogP contribution in [-0.4, -0.2) is 38.9 Å². The fraction of sp³-hybridized carbons (Fsp3) is 0.500. The molecule has 0 radical (unpaired) electrons. The van der Waals surface area contributed by atoms with E-state index in [9.17, 15) is 8.42 Å². The van der Waals surface area contributed by atoms with Crippen molar-refractivity contribution in [3.63, 3.8) is 0 Å². The van der Waals surface area contributed by atoms with Gasteiger partial charge in [-0.3, -0.25) is 0 Å². The molecule has 0 saturated carbocycles. The Morgan fingerprint density at radius 3 is 2.63 bits per heavy atom. The summed E-state index contributed by atoms with van der Waals surface area (Å²) in [5.74, 6) is 0. The van der Waals surface area contributed by atoms with Crippen molar-refractivity contribution in [1.82, 2.24) is 9.62 Å². The molecule has 0 bridgehead atoms. The third-order valence-electron chi connectivity index (χ3n) is 3.37. The van der Waals surface area contributed by atoms with Crippen LogP contribution in [0.25, 0.3) is 0 Å². The average Bonchev–Trinajstić information content (AvgIpc) is 2.85. The number of hydrogen-bond acceptors (Lipinski definition) is 3. The second kappa shape index (κ2) is 6.54. The lowest BCUT2D eigenvalue weighted by atomic mass is 10.2. The second-order valence-corrected chi connectivity index (χ2v) is 7.43.